The molecule has 0 aliphatic heterocycles. The van der Waals surface area contributed by atoms with Crippen molar-refractivity contribution in [2.24, 2.45) is 0 Å². The topological polar surface area (TPSA) is 8.17 Å². The fourth-order valence-electron chi connectivity index (χ4n) is 8.00. The highest BCUT2D eigenvalue weighted by molar-refractivity contribution is 6.26. The van der Waals surface area contributed by atoms with E-state index in [0.717, 1.165) is 22.7 Å². The zero-order valence-electron chi connectivity index (χ0n) is 28.5. The molecule has 2 nitrogen and oxygen atoms in total. The fraction of sp³-hybridized carbons (Fsp3) is 0. The molecule has 2 heteroatoms. The Morgan fingerprint density at radius 1 is 0.308 bits per heavy atom. The van der Waals surface area contributed by atoms with E-state index >= 15 is 0 Å². The van der Waals surface area contributed by atoms with Gasteiger partial charge in [-0.3, -0.25) is 0 Å². The summed E-state index contributed by atoms with van der Waals surface area (Å²) in [5.74, 6) is 0. The van der Waals surface area contributed by atoms with Gasteiger partial charge in [0.15, 0.2) is 0 Å². The van der Waals surface area contributed by atoms with Gasteiger partial charge < -0.3 is 9.47 Å². The van der Waals surface area contributed by atoms with Gasteiger partial charge >= 0.3 is 0 Å². The van der Waals surface area contributed by atoms with Crippen LogP contribution in [-0.2, 0) is 0 Å². The summed E-state index contributed by atoms with van der Waals surface area (Å²) in [6.07, 6.45) is 0. The number of aromatic nitrogens is 1. The van der Waals surface area contributed by atoms with Crippen LogP contribution in [0.1, 0.15) is 0 Å². The van der Waals surface area contributed by atoms with Gasteiger partial charge in [-0.05, 0) is 104 Å². The summed E-state index contributed by atoms with van der Waals surface area (Å²) in [5, 5.41) is 7.61. The van der Waals surface area contributed by atoms with Crippen molar-refractivity contribution in [3.8, 4) is 27.9 Å². The predicted molar refractivity (Wildman–Crippen MR) is 221 cm³/mol. The molecular weight excluding hydrogens is 629 g/mol. The SMILES string of the molecule is c1ccc(N(c2ccccc2)c2ccc(-c3ccc(-n4c5cccc(-c6cccc7ccccc67)c5c5c6ccccc6ccc54)cc3)cc2)cc1. The van der Waals surface area contributed by atoms with Crippen molar-refractivity contribution < 1.29 is 0 Å². The van der Waals surface area contributed by atoms with Crippen LogP contribution in [0.3, 0.4) is 0 Å². The summed E-state index contributed by atoms with van der Waals surface area (Å²) in [7, 11) is 0. The van der Waals surface area contributed by atoms with Gasteiger partial charge in [-0.15, -0.1) is 0 Å². The van der Waals surface area contributed by atoms with E-state index in [1.54, 1.807) is 0 Å². The highest BCUT2D eigenvalue weighted by Gasteiger charge is 2.19. The minimum Gasteiger partial charge on any atom is -0.311 e. The molecule has 0 N–H and O–H groups in total. The van der Waals surface area contributed by atoms with Crippen LogP contribution in [0.5, 0.6) is 0 Å². The van der Waals surface area contributed by atoms with E-state index in [2.05, 4.69) is 216 Å². The van der Waals surface area contributed by atoms with Gasteiger partial charge in [0.05, 0.1) is 11.0 Å². The largest absolute Gasteiger partial charge is 0.311 e. The number of para-hydroxylation sites is 2. The number of nitrogens with zero attached hydrogens (tertiary/aromatic N) is 2. The molecule has 0 bridgehead atoms. The Morgan fingerprint density at radius 3 is 1.50 bits per heavy atom. The lowest BCUT2D eigenvalue weighted by Gasteiger charge is -2.25. The van der Waals surface area contributed by atoms with Crippen LogP contribution in [0.25, 0.3) is 71.3 Å². The van der Waals surface area contributed by atoms with Crippen LogP contribution in [0.15, 0.2) is 206 Å². The van der Waals surface area contributed by atoms with E-state index in [4.69, 9.17) is 0 Å². The second-order valence-electron chi connectivity index (χ2n) is 13.3. The van der Waals surface area contributed by atoms with E-state index < -0.39 is 0 Å². The lowest BCUT2D eigenvalue weighted by Crippen LogP contribution is -2.09. The Balaban J connectivity index is 1.10. The minimum atomic E-state index is 1.12. The van der Waals surface area contributed by atoms with Crippen LogP contribution >= 0.6 is 0 Å². The van der Waals surface area contributed by atoms with Crippen molar-refractivity contribution in [3.63, 3.8) is 0 Å². The molecule has 1 heterocycles. The van der Waals surface area contributed by atoms with Crippen molar-refractivity contribution in [1.82, 2.24) is 4.57 Å². The molecule has 244 valence electrons. The van der Waals surface area contributed by atoms with Crippen molar-refractivity contribution in [2.45, 2.75) is 0 Å². The number of hydrogen-bond acceptors (Lipinski definition) is 1. The first-order chi connectivity index (χ1) is 25.8. The third-order valence-corrected chi connectivity index (χ3v) is 10.4. The molecule has 0 saturated heterocycles. The van der Waals surface area contributed by atoms with Crippen LogP contribution in [0.2, 0.25) is 0 Å². The maximum absolute atomic E-state index is 2.44. The zero-order valence-corrected chi connectivity index (χ0v) is 28.5. The van der Waals surface area contributed by atoms with Crippen LogP contribution in [-0.4, -0.2) is 4.57 Å². The third-order valence-electron chi connectivity index (χ3n) is 10.4. The standard InChI is InChI=1S/C50H34N2/c1-3-16-39(17-4-1)51(40-18-5-2-6-19-40)41-30-25-35(26-31-41)36-27-32-42(33-28-36)52-47-24-12-23-46(45-22-11-15-37-13-7-9-20-43(37)45)50(47)49-44-21-10-8-14-38(44)29-34-48(49)52/h1-34H. The molecule has 0 atom stereocenters. The van der Waals surface area contributed by atoms with Gasteiger partial charge in [0, 0.05) is 33.5 Å². The van der Waals surface area contributed by atoms with E-state index in [1.165, 1.54) is 65.6 Å². The fourth-order valence-corrected chi connectivity index (χ4v) is 8.00. The molecule has 1 aromatic heterocycles. The van der Waals surface area contributed by atoms with E-state index in [9.17, 15) is 0 Å². The predicted octanol–water partition coefficient (Wildman–Crippen LogP) is 13.9. The van der Waals surface area contributed by atoms with Crippen molar-refractivity contribution in [1.29, 1.82) is 0 Å². The molecule has 10 aromatic rings. The van der Waals surface area contributed by atoms with Gasteiger partial charge in [-0.2, -0.15) is 0 Å². The van der Waals surface area contributed by atoms with Crippen LogP contribution in [0, 0.1) is 0 Å². The lowest BCUT2D eigenvalue weighted by atomic mass is 9.93. The van der Waals surface area contributed by atoms with E-state index in [0.29, 0.717) is 0 Å². The van der Waals surface area contributed by atoms with Crippen molar-refractivity contribution >= 4 is 60.4 Å². The highest BCUT2D eigenvalue weighted by Crippen LogP contribution is 2.43. The van der Waals surface area contributed by atoms with E-state index in [1.807, 2.05) is 0 Å². The number of anilines is 3. The monoisotopic (exact) mass is 662 g/mol. The zero-order chi connectivity index (χ0) is 34.4. The molecule has 0 radical (unpaired) electrons. The second kappa shape index (κ2) is 12.5. The van der Waals surface area contributed by atoms with Gasteiger partial charge in [0.25, 0.3) is 0 Å². The minimum absolute atomic E-state index is 1.12. The normalized spacial score (nSPS) is 11.5. The third kappa shape index (κ3) is 4.96. The maximum Gasteiger partial charge on any atom is 0.0547 e. The van der Waals surface area contributed by atoms with Gasteiger partial charge in [-0.1, -0.05) is 146 Å². The summed E-state index contributed by atoms with van der Waals surface area (Å²) >= 11 is 0. The Labute approximate surface area is 303 Å². The number of rotatable bonds is 6. The van der Waals surface area contributed by atoms with Crippen molar-refractivity contribution in [2.75, 3.05) is 4.90 Å². The lowest BCUT2D eigenvalue weighted by molar-refractivity contribution is 1.18. The van der Waals surface area contributed by atoms with Crippen LogP contribution < -0.4 is 4.90 Å². The molecule has 52 heavy (non-hydrogen) atoms. The van der Waals surface area contributed by atoms with Crippen molar-refractivity contribution in [3.05, 3.63) is 206 Å². The smallest absolute Gasteiger partial charge is 0.0547 e. The molecule has 0 amide bonds. The molecule has 0 spiro atoms. The summed E-state index contributed by atoms with van der Waals surface area (Å²) in [4.78, 5) is 2.30. The Bertz CT molecular complexity index is 2820. The molecule has 0 aliphatic carbocycles. The van der Waals surface area contributed by atoms with Gasteiger partial charge in [0.2, 0.25) is 0 Å². The summed E-state index contributed by atoms with van der Waals surface area (Å²) in [6.45, 7) is 0. The number of benzene rings is 9. The molecular formula is C50H34N2. The molecule has 0 fully saturated rings. The average Bonchev–Trinajstić information content (AvgIpc) is 3.57. The Morgan fingerprint density at radius 2 is 0.808 bits per heavy atom. The van der Waals surface area contributed by atoms with Crippen LogP contribution in [0.4, 0.5) is 17.1 Å². The first kappa shape index (κ1) is 30.0. The molecule has 0 saturated carbocycles. The average molecular weight is 663 g/mol. The summed E-state index contributed by atoms with van der Waals surface area (Å²) in [5.41, 5.74) is 11.8. The summed E-state index contributed by atoms with van der Waals surface area (Å²) in [6, 6.07) is 74.5. The number of hydrogen-bond donors (Lipinski definition) is 0. The van der Waals surface area contributed by atoms with Gasteiger partial charge in [-0.25, -0.2) is 0 Å². The highest BCUT2D eigenvalue weighted by atomic mass is 15.1. The van der Waals surface area contributed by atoms with E-state index in [-0.39, 0.29) is 0 Å². The molecule has 0 aliphatic rings. The molecule has 9 aromatic carbocycles. The molecule has 10 rings (SSSR count). The molecule has 0 unspecified atom stereocenters. The Kier molecular flexibility index (Phi) is 7.18. The first-order valence-corrected chi connectivity index (χ1v) is 17.9. The maximum atomic E-state index is 2.44. The number of fused-ring (bicyclic) bond motifs is 6. The summed E-state index contributed by atoms with van der Waals surface area (Å²) < 4.78 is 2.44. The quantitative estimate of drug-likeness (QED) is 0.172. The first-order valence-electron chi connectivity index (χ1n) is 17.9. The Hall–Kier alpha value is -6.90. The van der Waals surface area contributed by atoms with Gasteiger partial charge in [0.1, 0.15) is 0 Å². The second-order valence-corrected chi connectivity index (χ2v) is 13.3.